The first kappa shape index (κ1) is 11.6. The number of nitrogens with one attached hydrogen (secondary N) is 1. The van der Waals surface area contributed by atoms with Gasteiger partial charge in [0.2, 0.25) is 0 Å². The fraction of sp³-hybridized carbons (Fsp3) is 0.182. The lowest BCUT2D eigenvalue weighted by Gasteiger charge is -2.15. The number of carbonyl (C=O) groups excluding carboxylic acids is 1. The third kappa shape index (κ3) is 2.82. The van der Waals surface area contributed by atoms with Crippen LogP contribution >= 0.6 is 11.6 Å². The Kier molecular flexibility index (Phi) is 3.39. The second-order valence-corrected chi connectivity index (χ2v) is 4.07. The minimum Gasteiger partial charge on any atom is -0.336 e. The Balaban J connectivity index is 2.07. The van der Waals surface area contributed by atoms with Crippen LogP contribution in [0.4, 0.5) is 0 Å². The van der Waals surface area contributed by atoms with Gasteiger partial charge in [-0.2, -0.15) is 5.10 Å². The van der Waals surface area contributed by atoms with Crippen molar-refractivity contribution >= 4 is 17.5 Å². The smallest absolute Gasteiger partial charge is 0.272 e. The molecule has 0 aliphatic heterocycles. The summed E-state index contributed by atoms with van der Waals surface area (Å²) in [6.07, 6.45) is 4.89. The SMILES string of the molecule is CN(Cc1cn[nH]c1)C(=O)c1ccc(Cl)cn1. The molecule has 0 saturated carbocycles. The van der Waals surface area contributed by atoms with Crippen LogP contribution in [0.3, 0.4) is 0 Å². The Labute approximate surface area is 103 Å². The van der Waals surface area contributed by atoms with E-state index in [4.69, 9.17) is 11.6 Å². The molecule has 88 valence electrons. The predicted octanol–water partition coefficient (Wildman–Crippen LogP) is 1.73. The molecule has 0 fully saturated rings. The van der Waals surface area contributed by atoms with Gasteiger partial charge in [-0.05, 0) is 12.1 Å². The number of aromatic amines is 1. The van der Waals surface area contributed by atoms with E-state index in [9.17, 15) is 4.79 Å². The van der Waals surface area contributed by atoms with Gasteiger partial charge in [0, 0.05) is 31.5 Å². The molecule has 2 heterocycles. The number of nitrogens with zero attached hydrogens (tertiary/aromatic N) is 3. The third-order valence-electron chi connectivity index (χ3n) is 2.27. The second kappa shape index (κ2) is 4.97. The zero-order chi connectivity index (χ0) is 12.3. The molecule has 17 heavy (non-hydrogen) atoms. The minimum atomic E-state index is -0.150. The van der Waals surface area contributed by atoms with Crippen molar-refractivity contribution in [3.8, 4) is 0 Å². The van der Waals surface area contributed by atoms with E-state index in [1.54, 1.807) is 36.5 Å². The summed E-state index contributed by atoms with van der Waals surface area (Å²) >= 11 is 5.71. The number of carbonyl (C=O) groups is 1. The standard InChI is InChI=1S/C11H11ClN4O/c1-16(7-8-4-14-15-5-8)11(17)10-3-2-9(12)6-13-10/h2-6H,7H2,1H3,(H,14,15). The summed E-state index contributed by atoms with van der Waals surface area (Å²) in [5, 5.41) is 7.04. The van der Waals surface area contributed by atoms with Crippen molar-refractivity contribution in [1.29, 1.82) is 0 Å². The van der Waals surface area contributed by atoms with E-state index in [0.717, 1.165) is 5.56 Å². The van der Waals surface area contributed by atoms with Crippen molar-refractivity contribution in [3.63, 3.8) is 0 Å². The molecule has 2 aromatic heterocycles. The van der Waals surface area contributed by atoms with Crippen LogP contribution in [0.15, 0.2) is 30.7 Å². The van der Waals surface area contributed by atoms with E-state index in [-0.39, 0.29) is 5.91 Å². The Morgan fingerprint density at radius 2 is 2.29 bits per heavy atom. The molecule has 2 rings (SSSR count). The molecule has 5 nitrogen and oxygen atoms in total. The summed E-state index contributed by atoms with van der Waals surface area (Å²) in [6.45, 7) is 0.486. The van der Waals surface area contributed by atoms with Crippen molar-refractivity contribution in [2.75, 3.05) is 7.05 Å². The quantitative estimate of drug-likeness (QED) is 0.902. The third-order valence-corrected chi connectivity index (χ3v) is 2.49. The van der Waals surface area contributed by atoms with E-state index in [1.165, 1.54) is 6.20 Å². The largest absolute Gasteiger partial charge is 0.336 e. The molecule has 6 heteroatoms. The Morgan fingerprint density at radius 1 is 1.47 bits per heavy atom. The zero-order valence-electron chi connectivity index (χ0n) is 9.22. The van der Waals surface area contributed by atoms with E-state index in [2.05, 4.69) is 15.2 Å². The molecule has 0 radical (unpaired) electrons. The van der Waals surface area contributed by atoms with Gasteiger partial charge in [-0.25, -0.2) is 4.98 Å². The highest BCUT2D eigenvalue weighted by atomic mass is 35.5. The van der Waals surface area contributed by atoms with Gasteiger partial charge < -0.3 is 4.90 Å². The number of amides is 1. The van der Waals surface area contributed by atoms with Crippen LogP contribution in [0.25, 0.3) is 0 Å². The molecule has 0 aliphatic carbocycles. The van der Waals surface area contributed by atoms with Gasteiger partial charge in [-0.1, -0.05) is 11.6 Å². The highest BCUT2D eigenvalue weighted by molar-refractivity contribution is 6.30. The maximum atomic E-state index is 12.0. The normalized spacial score (nSPS) is 10.2. The lowest BCUT2D eigenvalue weighted by molar-refractivity contribution is 0.0779. The molecular formula is C11H11ClN4O. The van der Waals surface area contributed by atoms with Crippen molar-refractivity contribution in [2.45, 2.75) is 6.54 Å². The summed E-state index contributed by atoms with van der Waals surface area (Å²) in [4.78, 5) is 17.5. The molecule has 2 aromatic rings. The second-order valence-electron chi connectivity index (χ2n) is 3.63. The molecule has 0 atom stereocenters. The number of H-pyrrole nitrogens is 1. The van der Waals surface area contributed by atoms with Gasteiger partial charge in [0.15, 0.2) is 0 Å². The van der Waals surface area contributed by atoms with E-state index < -0.39 is 0 Å². The van der Waals surface area contributed by atoms with Crippen LogP contribution < -0.4 is 0 Å². The van der Waals surface area contributed by atoms with Gasteiger partial charge >= 0.3 is 0 Å². The fourth-order valence-corrected chi connectivity index (χ4v) is 1.52. The molecule has 0 spiro atoms. The fourth-order valence-electron chi connectivity index (χ4n) is 1.41. The predicted molar refractivity (Wildman–Crippen MR) is 63.6 cm³/mol. The summed E-state index contributed by atoms with van der Waals surface area (Å²) in [7, 11) is 1.71. The molecule has 0 aliphatic rings. The maximum Gasteiger partial charge on any atom is 0.272 e. The number of hydrogen-bond donors (Lipinski definition) is 1. The van der Waals surface area contributed by atoms with E-state index in [0.29, 0.717) is 17.3 Å². The number of hydrogen-bond acceptors (Lipinski definition) is 3. The topological polar surface area (TPSA) is 61.9 Å². The average molecular weight is 251 g/mol. The summed E-state index contributed by atoms with van der Waals surface area (Å²) in [6, 6.07) is 3.25. The van der Waals surface area contributed by atoms with Crippen molar-refractivity contribution in [1.82, 2.24) is 20.1 Å². The minimum absolute atomic E-state index is 0.150. The molecule has 0 aromatic carbocycles. The first-order valence-electron chi connectivity index (χ1n) is 5.01. The van der Waals surface area contributed by atoms with Crippen molar-refractivity contribution < 1.29 is 4.79 Å². The van der Waals surface area contributed by atoms with Gasteiger partial charge in [-0.3, -0.25) is 9.89 Å². The van der Waals surface area contributed by atoms with E-state index >= 15 is 0 Å². The molecule has 1 amide bonds. The summed E-state index contributed by atoms with van der Waals surface area (Å²) in [5.41, 5.74) is 1.32. The molecule has 1 N–H and O–H groups in total. The molecular weight excluding hydrogens is 240 g/mol. The van der Waals surface area contributed by atoms with Crippen LogP contribution in [0.2, 0.25) is 5.02 Å². The Hall–Kier alpha value is -1.88. The van der Waals surface area contributed by atoms with Gasteiger partial charge in [0.1, 0.15) is 5.69 Å². The zero-order valence-corrected chi connectivity index (χ0v) is 9.98. The first-order valence-corrected chi connectivity index (χ1v) is 5.39. The molecule has 0 unspecified atom stereocenters. The number of aromatic nitrogens is 3. The van der Waals surface area contributed by atoms with Crippen LogP contribution in [-0.4, -0.2) is 33.0 Å². The lowest BCUT2D eigenvalue weighted by Crippen LogP contribution is -2.26. The average Bonchev–Trinajstić information content (AvgIpc) is 2.82. The first-order chi connectivity index (χ1) is 8.16. The monoisotopic (exact) mass is 250 g/mol. The number of pyridine rings is 1. The molecule has 0 bridgehead atoms. The summed E-state index contributed by atoms with van der Waals surface area (Å²) < 4.78 is 0. The van der Waals surface area contributed by atoms with Gasteiger partial charge in [0.05, 0.1) is 11.2 Å². The van der Waals surface area contributed by atoms with Crippen LogP contribution in [0.1, 0.15) is 16.1 Å². The lowest BCUT2D eigenvalue weighted by atomic mass is 10.3. The van der Waals surface area contributed by atoms with Crippen LogP contribution in [0, 0.1) is 0 Å². The highest BCUT2D eigenvalue weighted by Gasteiger charge is 2.13. The number of rotatable bonds is 3. The van der Waals surface area contributed by atoms with Crippen LogP contribution in [-0.2, 0) is 6.54 Å². The maximum absolute atomic E-state index is 12.0. The number of halogens is 1. The summed E-state index contributed by atoms with van der Waals surface area (Å²) in [5.74, 6) is -0.150. The van der Waals surface area contributed by atoms with Crippen molar-refractivity contribution in [2.24, 2.45) is 0 Å². The van der Waals surface area contributed by atoms with Crippen molar-refractivity contribution in [3.05, 3.63) is 47.0 Å². The van der Waals surface area contributed by atoms with Gasteiger partial charge in [0.25, 0.3) is 5.91 Å². The Morgan fingerprint density at radius 3 is 2.88 bits per heavy atom. The molecule has 0 saturated heterocycles. The van der Waals surface area contributed by atoms with Gasteiger partial charge in [-0.15, -0.1) is 0 Å². The van der Waals surface area contributed by atoms with E-state index in [1.807, 2.05) is 0 Å². The Bertz CT molecular complexity index is 495. The van der Waals surface area contributed by atoms with Crippen LogP contribution in [0.5, 0.6) is 0 Å². The highest BCUT2D eigenvalue weighted by Crippen LogP contribution is 2.09.